The van der Waals surface area contributed by atoms with E-state index in [0.717, 1.165) is 19.3 Å². The van der Waals surface area contributed by atoms with E-state index in [2.05, 4.69) is 5.32 Å². The van der Waals surface area contributed by atoms with Gasteiger partial charge in [-0.15, -0.1) is 0 Å². The van der Waals surface area contributed by atoms with Gasteiger partial charge in [-0.3, -0.25) is 4.79 Å². The molecule has 0 radical (unpaired) electrons. The Bertz CT molecular complexity index is 206. The van der Waals surface area contributed by atoms with Crippen LogP contribution in [-0.4, -0.2) is 44.9 Å². The van der Waals surface area contributed by atoms with Crippen LogP contribution in [0.25, 0.3) is 0 Å². The molecule has 0 rings (SSSR count). The molecule has 0 aliphatic heterocycles. The van der Waals surface area contributed by atoms with Gasteiger partial charge in [0.05, 0.1) is 6.61 Å². The molecule has 0 aromatic carbocycles. The summed E-state index contributed by atoms with van der Waals surface area (Å²) in [7, 11) is 1.64. The van der Waals surface area contributed by atoms with Gasteiger partial charge in [-0.2, -0.15) is 0 Å². The third kappa shape index (κ3) is 8.12. The van der Waals surface area contributed by atoms with Gasteiger partial charge in [-0.05, 0) is 19.3 Å². The highest BCUT2D eigenvalue weighted by atomic mass is 16.5. The van der Waals surface area contributed by atoms with Crippen LogP contribution in [0.15, 0.2) is 0 Å². The molecule has 0 heterocycles. The maximum absolute atomic E-state index is 11.4. The molecule has 3 N–H and O–H groups in total. The smallest absolute Gasteiger partial charge is 0.246 e. The van der Waals surface area contributed by atoms with E-state index in [0.29, 0.717) is 19.8 Å². The number of carbonyl (C=O) groups is 1. The summed E-state index contributed by atoms with van der Waals surface area (Å²) in [6.45, 7) is 5.82. The molecule has 0 spiro atoms. The van der Waals surface area contributed by atoms with Gasteiger partial charge in [-0.25, -0.2) is 0 Å². The Kier molecular flexibility index (Phi) is 9.03. The number of rotatable bonds is 10. The first-order valence-electron chi connectivity index (χ1n) is 6.20. The number of ether oxygens (including phenoxy) is 2. The highest BCUT2D eigenvalue weighted by molar-refractivity contribution is 5.77. The van der Waals surface area contributed by atoms with E-state index in [-0.39, 0.29) is 18.1 Å². The number of hydrogen-bond donors (Lipinski definition) is 2. The van der Waals surface area contributed by atoms with E-state index < -0.39 is 0 Å². The maximum Gasteiger partial charge on any atom is 0.246 e. The van der Waals surface area contributed by atoms with Gasteiger partial charge in [0.25, 0.3) is 0 Å². The maximum atomic E-state index is 11.4. The second kappa shape index (κ2) is 9.39. The SMILES string of the molecule is CCC(N)(CC)COCC(=O)NCCCOC. The van der Waals surface area contributed by atoms with Crippen molar-refractivity contribution in [2.75, 3.05) is 33.5 Å². The van der Waals surface area contributed by atoms with Gasteiger partial charge in [0.1, 0.15) is 6.61 Å². The Morgan fingerprint density at radius 1 is 1.35 bits per heavy atom. The van der Waals surface area contributed by atoms with E-state index in [4.69, 9.17) is 15.2 Å². The molecule has 0 aliphatic carbocycles. The zero-order chi connectivity index (χ0) is 13.1. The number of nitrogens with two attached hydrogens (primary N) is 1. The number of hydrogen-bond acceptors (Lipinski definition) is 4. The van der Waals surface area contributed by atoms with Crippen LogP contribution in [0.5, 0.6) is 0 Å². The monoisotopic (exact) mass is 246 g/mol. The molecule has 0 saturated heterocycles. The van der Waals surface area contributed by atoms with E-state index in [1.807, 2.05) is 13.8 Å². The summed E-state index contributed by atoms with van der Waals surface area (Å²) in [5.74, 6) is -0.101. The van der Waals surface area contributed by atoms with Crippen molar-refractivity contribution < 1.29 is 14.3 Å². The number of carbonyl (C=O) groups excluding carboxylic acids is 1. The molecule has 17 heavy (non-hydrogen) atoms. The third-order valence-corrected chi connectivity index (χ3v) is 2.88. The lowest BCUT2D eigenvalue weighted by atomic mass is 9.96. The lowest BCUT2D eigenvalue weighted by Gasteiger charge is -2.25. The summed E-state index contributed by atoms with van der Waals surface area (Å²) in [5, 5.41) is 2.75. The molecule has 0 fully saturated rings. The highest BCUT2D eigenvalue weighted by Gasteiger charge is 2.20. The van der Waals surface area contributed by atoms with Crippen molar-refractivity contribution in [3.8, 4) is 0 Å². The minimum Gasteiger partial charge on any atom is -0.385 e. The molecule has 0 atom stereocenters. The second-order valence-electron chi connectivity index (χ2n) is 4.26. The molecule has 0 aliphatic rings. The van der Waals surface area contributed by atoms with Crippen molar-refractivity contribution in [3.05, 3.63) is 0 Å². The zero-order valence-corrected chi connectivity index (χ0v) is 11.3. The molecular weight excluding hydrogens is 220 g/mol. The largest absolute Gasteiger partial charge is 0.385 e. The Labute approximate surface area is 104 Å². The molecular formula is C12H26N2O3. The summed E-state index contributed by atoms with van der Waals surface area (Å²) in [4.78, 5) is 11.4. The highest BCUT2D eigenvalue weighted by Crippen LogP contribution is 2.10. The fourth-order valence-corrected chi connectivity index (χ4v) is 1.30. The van der Waals surface area contributed by atoms with Crippen LogP contribution in [0, 0.1) is 0 Å². The number of methoxy groups -OCH3 is 1. The Morgan fingerprint density at radius 2 is 2.00 bits per heavy atom. The lowest BCUT2D eigenvalue weighted by Crippen LogP contribution is -2.44. The number of nitrogens with one attached hydrogen (secondary N) is 1. The fraction of sp³-hybridized carbons (Fsp3) is 0.917. The lowest BCUT2D eigenvalue weighted by molar-refractivity contribution is -0.126. The summed E-state index contributed by atoms with van der Waals surface area (Å²) >= 11 is 0. The molecule has 0 aromatic rings. The molecule has 5 nitrogen and oxygen atoms in total. The summed E-state index contributed by atoms with van der Waals surface area (Å²) in [6, 6.07) is 0. The first-order chi connectivity index (χ1) is 8.08. The molecule has 5 heteroatoms. The standard InChI is InChI=1S/C12H26N2O3/c1-4-12(13,5-2)10-17-9-11(15)14-7-6-8-16-3/h4-10,13H2,1-3H3,(H,14,15). The van der Waals surface area contributed by atoms with Crippen LogP contribution in [0.4, 0.5) is 0 Å². The van der Waals surface area contributed by atoms with Crippen molar-refractivity contribution in [1.29, 1.82) is 0 Å². The van der Waals surface area contributed by atoms with Gasteiger partial charge < -0.3 is 20.5 Å². The summed E-state index contributed by atoms with van der Waals surface area (Å²) < 4.78 is 10.2. The van der Waals surface area contributed by atoms with Crippen molar-refractivity contribution in [2.24, 2.45) is 5.73 Å². The number of amides is 1. The molecule has 0 unspecified atom stereocenters. The van der Waals surface area contributed by atoms with Crippen LogP contribution in [-0.2, 0) is 14.3 Å². The predicted octanol–water partition coefficient (Wildman–Crippen LogP) is 0.673. The third-order valence-electron chi connectivity index (χ3n) is 2.88. The second-order valence-corrected chi connectivity index (χ2v) is 4.26. The Balaban J connectivity index is 3.57. The summed E-state index contributed by atoms with van der Waals surface area (Å²) in [5.41, 5.74) is 5.74. The predicted molar refractivity (Wildman–Crippen MR) is 67.8 cm³/mol. The van der Waals surface area contributed by atoms with Crippen LogP contribution in [0.3, 0.4) is 0 Å². The zero-order valence-electron chi connectivity index (χ0n) is 11.3. The average Bonchev–Trinajstić information content (AvgIpc) is 2.34. The van der Waals surface area contributed by atoms with E-state index >= 15 is 0 Å². The molecule has 0 bridgehead atoms. The van der Waals surface area contributed by atoms with Gasteiger partial charge in [-0.1, -0.05) is 13.8 Å². The van der Waals surface area contributed by atoms with E-state index in [1.54, 1.807) is 7.11 Å². The van der Waals surface area contributed by atoms with Gasteiger partial charge in [0, 0.05) is 25.8 Å². The first-order valence-corrected chi connectivity index (χ1v) is 6.20. The van der Waals surface area contributed by atoms with Crippen LogP contribution >= 0.6 is 0 Å². The van der Waals surface area contributed by atoms with Gasteiger partial charge in [0.2, 0.25) is 5.91 Å². The van der Waals surface area contributed by atoms with E-state index in [9.17, 15) is 4.79 Å². The van der Waals surface area contributed by atoms with Crippen molar-refractivity contribution in [2.45, 2.75) is 38.6 Å². The van der Waals surface area contributed by atoms with Crippen LogP contribution in [0.2, 0.25) is 0 Å². The molecule has 0 saturated carbocycles. The van der Waals surface area contributed by atoms with Crippen molar-refractivity contribution in [3.63, 3.8) is 0 Å². The molecule has 0 aromatic heterocycles. The average molecular weight is 246 g/mol. The normalized spacial score (nSPS) is 11.5. The topological polar surface area (TPSA) is 73.6 Å². The molecule has 1 amide bonds. The van der Waals surface area contributed by atoms with E-state index in [1.165, 1.54) is 0 Å². The Morgan fingerprint density at radius 3 is 2.53 bits per heavy atom. The van der Waals surface area contributed by atoms with Gasteiger partial charge >= 0.3 is 0 Å². The molecule has 102 valence electrons. The minimum absolute atomic E-state index is 0.0753. The fourth-order valence-electron chi connectivity index (χ4n) is 1.30. The Hall–Kier alpha value is -0.650. The van der Waals surface area contributed by atoms with Crippen molar-refractivity contribution >= 4 is 5.91 Å². The van der Waals surface area contributed by atoms with Crippen molar-refractivity contribution in [1.82, 2.24) is 5.32 Å². The van der Waals surface area contributed by atoms with Crippen LogP contribution < -0.4 is 11.1 Å². The summed E-state index contributed by atoms with van der Waals surface area (Å²) in [6.07, 6.45) is 2.50. The van der Waals surface area contributed by atoms with Crippen LogP contribution in [0.1, 0.15) is 33.1 Å². The minimum atomic E-state index is -0.309. The van der Waals surface area contributed by atoms with Gasteiger partial charge in [0.15, 0.2) is 0 Å². The quantitative estimate of drug-likeness (QED) is 0.556. The first kappa shape index (κ1) is 16.4.